The molecule has 0 bridgehead atoms. The van der Waals surface area contributed by atoms with E-state index >= 15 is 0 Å². The van der Waals surface area contributed by atoms with Crippen LogP contribution in [-0.4, -0.2) is 31.7 Å². The van der Waals surface area contributed by atoms with Gasteiger partial charge in [-0.15, -0.1) is 0 Å². The first-order valence-electron chi connectivity index (χ1n) is 10.0. The molecule has 2 aromatic carbocycles. The predicted octanol–water partition coefficient (Wildman–Crippen LogP) is 6.66. The average molecular weight is 428 g/mol. The number of amides is 1. The van der Waals surface area contributed by atoms with Crippen molar-refractivity contribution in [2.75, 3.05) is 13.2 Å². The number of hydrogen-bond acceptors (Lipinski definition) is 2. The molecule has 1 heterocycles. The van der Waals surface area contributed by atoms with Gasteiger partial charge in [0.25, 0.3) is 0 Å². The Kier molecular flexibility index (Phi) is 6.09. The Morgan fingerprint density at radius 3 is 2.14 bits per heavy atom. The van der Waals surface area contributed by atoms with Crippen molar-refractivity contribution < 1.29 is 9.22 Å². The summed E-state index contributed by atoms with van der Waals surface area (Å²) in [5.74, 6) is 0. The fourth-order valence-electron chi connectivity index (χ4n) is 3.44. The van der Waals surface area contributed by atoms with Crippen LogP contribution in [0.5, 0.6) is 0 Å². The van der Waals surface area contributed by atoms with E-state index < -0.39 is 19.2 Å². The molecule has 1 aliphatic rings. The molecular weight excluding hydrogens is 398 g/mol. The van der Waals surface area contributed by atoms with E-state index in [4.69, 9.17) is 16.0 Å². The zero-order valence-electron chi connectivity index (χ0n) is 17.9. The molecule has 3 nitrogen and oxygen atoms in total. The van der Waals surface area contributed by atoms with Gasteiger partial charge in [0, 0.05) is 6.54 Å². The molecule has 0 radical (unpaired) electrons. The van der Waals surface area contributed by atoms with Crippen molar-refractivity contribution in [3.63, 3.8) is 0 Å². The van der Waals surface area contributed by atoms with Crippen molar-refractivity contribution in [3.05, 3.63) is 77.9 Å². The number of benzene rings is 2. The molecule has 0 saturated carbocycles. The summed E-state index contributed by atoms with van der Waals surface area (Å²) in [6, 6.07) is 20.2. The van der Waals surface area contributed by atoms with Crippen LogP contribution < -0.4 is 0 Å². The Morgan fingerprint density at radius 1 is 1.07 bits per heavy atom. The van der Waals surface area contributed by atoms with Gasteiger partial charge < -0.3 is 9.33 Å². The van der Waals surface area contributed by atoms with Crippen LogP contribution in [0.25, 0.3) is 5.57 Å². The quantitative estimate of drug-likeness (QED) is 0.303. The number of hydrogen-bond donors (Lipinski definition) is 0. The first kappa shape index (κ1) is 21.8. The summed E-state index contributed by atoms with van der Waals surface area (Å²) < 4.78 is 6.64. The first-order chi connectivity index (χ1) is 13.6. The highest BCUT2D eigenvalue weighted by atomic mass is 35.5. The molecule has 29 heavy (non-hydrogen) atoms. The lowest BCUT2D eigenvalue weighted by Crippen LogP contribution is -2.51. The Labute approximate surface area is 180 Å². The van der Waals surface area contributed by atoms with Gasteiger partial charge in [-0.2, -0.15) is 0 Å². The van der Waals surface area contributed by atoms with Gasteiger partial charge in [0.1, 0.15) is 5.54 Å². The SMILES string of the molecule is CC(C)(C)[Si](C)(C)OC[C@@]1(c2ccccc2)C=C(c2ccccc2)CN1C(=O)Cl. The van der Waals surface area contributed by atoms with Gasteiger partial charge in [0.05, 0.1) is 6.61 Å². The van der Waals surface area contributed by atoms with E-state index in [0.29, 0.717) is 13.2 Å². The van der Waals surface area contributed by atoms with Crippen LogP contribution in [-0.2, 0) is 9.96 Å². The number of rotatable bonds is 5. The normalized spacial score (nSPS) is 19.9. The van der Waals surface area contributed by atoms with E-state index in [0.717, 1.165) is 16.7 Å². The lowest BCUT2D eigenvalue weighted by atomic mass is 9.89. The molecule has 3 rings (SSSR count). The van der Waals surface area contributed by atoms with Crippen molar-refractivity contribution in [3.8, 4) is 0 Å². The van der Waals surface area contributed by atoms with Gasteiger partial charge in [-0.05, 0) is 52.5 Å². The standard InChI is InChI=1S/C24H30ClNO2Si/c1-23(2,3)29(4,5)28-18-24(21-14-10-7-11-15-21)16-20(17-26(24)22(25)27)19-12-8-6-9-13-19/h6-16H,17-18H2,1-5H3/t24-/m1/s1. The van der Waals surface area contributed by atoms with Gasteiger partial charge in [0.2, 0.25) is 0 Å². The Bertz CT molecular complexity index is 890. The zero-order chi connectivity index (χ0) is 21.3. The molecule has 1 aliphatic heterocycles. The third-order valence-corrected chi connectivity index (χ3v) is 11.0. The van der Waals surface area contributed by atoms with E-state index in [2.05, 4.69) is 52.1 Å². The molecule has 0 aliphatic carbocycles. The topological polar surface area (TPSA) is 29.5 Å². The fourth-order valence-corrected chi connectivity index (χ4v) is 4.67. The highest BCUT2D eigenvalue weighted by molar-refractivity contribution is 6.74. The van der Waals surface area contributed by atoms with Crippen molar-refractivity contribution in [2.45, 2.75) is 44.4 Å². The van der Waals surface area contributed by atoms with Crippen LogP contribution in [0.2, 0.25) is 18.1 Å². The monoisotopic (exact) mass is 427 g/mol. The second-order valence-electron chi connectivity index (χ2n) is 9.21. The summed E-state index contributed by atoms with van der Waals surface area (Å²) >= 11 is 6.12. The summed E-state index contributed by atoms with van der Waals surface area (Å²) in [5, 5.41) is -0.388. The Balaban J connectivity index is 2.10. The Hall–Kier alpha value is -1.88. The predicted molar refractivity (Wildman–Crippen MR) is 124 cm³/mol. The lowest BCUT2D eigenvalue weighted by molar-refractivity contribution is 0.120. The molecule has 1 amide bonds. The van der Waals surface area contributed by atoms with E-state index in [1.165, 1.54) is 0 Å². The van der Waals surface area contributed by atoms with E-state index in [1.54, 1.807) is 4.90 Å². The average Bonchev–Trinajstić information content (AvgIpc) is 3.08. The number of carbonyl (C=O) groups excluding carboxylic acids is 1. The minimum atomic E-state index is -2.03. The summed E-state index contributed by atoms with van der Waals surface area (Å²) in [6.07, 6.45) is 2.17. The molecule has 5 heteroatoms. The molecule has 0 saturated heterocycles. The molecule has 0 aromatic heterocycles. The summed E-state index contributed by atoms with van der Waals surface area (Å²) in [4.78, 5) is 14.3. The highest BCUT2D eigenvalue weighted by Crippen LogP contribution is 2.44. The third-order valence-electron chi connectivity index (χ3n) is 6.31. The smallest absolute Gasteiger partial charge is 0.317 e. The maximum absolute atomic E-state index is 12.5. The van der Waals surface area contributed by atoms with Crippen LogP contribution in [0.4, 0.5) is 4.79 Å². The molecular formula is C24H30ClNO2Si. The molecule has 0 fully saturated rings. The fraction of sp³-hybridized carbons (Fsp3) is 0.375. The van der Waals surface area contributed by atoms with E-state index in [9.17, 15) is 4.79 Å². The van der Waals surface area contributed by atoms with Gasteiger partial charge in [-0.25, -0.2) is 0 Å². The van der Waals surface area contributed by atoms with E-state index in [1.807, 2.05) is 48.5 Å². The third kappa shape index (κ3) is 4.35. The van der Waals surface area contributed by atoms with Gasteiger partial charge in [-0.3, -0.25) is 4.79 Å². The van der Waals surface area contributed by atoms with Crippen LogP contribution in [0.15, 0.2) is 66.7 Å². The van der Waals surface area contributed by atoms with Gasteiger partial charge in [0.15, 0.2) is 8.32 Å². The van der Waals surface area contributed by atoms with Crippen molar-refractivity contribution >= 4 is 30.9 Å². The van der Waals surface area contributed by atoms with Crippen molar-refractivity contribution in [1.82, 2.24) is 4.90 Å². The van der Waals surface area contributed by atoms with Crippen molar-refractivity contribution in [1.29, 1.82) is 0 Å². The zero-order valence-corrected chi connectivity index (χ0v) is 19.7. The van der Waals surface area contributed by atoms with Crippen molar-refractivity contribution in [2.24, 2.45) is 0 Å². The van der Waals surface area contributed by atoms with Crippen LogP contribution in [0.3, 0.4) is 0 Å². The largest absolute Gasteiger partial charge is 0.414 e. The van der Waals surface area contributed by atoms with Crippen LogP contribution in [0.1, 0.15) is 31.9 Å². The molecule has 154 valence electrons. The summed E-state index contributed by atoms with van der Waals surface area (Å²) in [5.41, 5.74) is 2.47. The minimum absolute atomic E-state index is 0.0747. The van der Waals surface area contributed by atoms with Gasteiger partial charge in [-0.1, -0.05) is 81.4 Å². The first-order valence-corrected chi connectivity index (χ1v) is 13.3. The van der Waals surface area contributed by atoms with Crippen LogP contribution in [0, 0.1) is 0 Å². The molecule has 0 N–H and O–H groups in total. The summed E-state index contributed by atoms with van der Waals surface area (Å²) in [6.45, 7) is 12.0. The number of carbonyl (C=O) groups is 1. The van der Waals surface area contributed by atoms with E-state index in [-0.39, 0.29) is 5.04 Å². The second kappa shape index (κ2) is 8.09. The second-order valence-corrected chi connectivity index (χ2v) is 14.3. The molecule has 1 atom stereocenters. The molecule has 2 aromatic rings. The van der Waals surface area contributed by atoms with Gasteiger partial charge >= 0.3 is 5.37 Å². The molecule has 0 spiro atoms. The van der Waals surface area contributed by atoms with Crippen LogP contribution >= 0.6 is 11.6 Å². The Morgan fingerprint density at radius 2 is 1.62 bits per heavy atom. The number of halogens is 1. The lowest BCUT2D eigenvalue weighted by Gasteiger charge is -2.42. The summed E-state index contributed by atoms with van der Waals surface area (Å²) in [7, 11) is -2.03. The maximum Gasteiger partial charge on any atom is 0.317 e. The number of nitrogens with zero attached hydrogens (tertiary/aromatic N) is 1. The maximum atomic E-state index is 12.5. The molecule has 0 unspecified atom stereocenters. The highest BCUT2D eigenvalue weighted by Gasteiger charge is 2.47. The minimum Gasteiger partial charge on any atom is -0.414 e.